The number of hydrogen-bond acceptors (Lipinski definition) is 3. The van der Waals surface area contributed by atoms with Crippen molar-refractivity contribution in [1.29, 1.82) is 0 Å². The van der Waals surface area contributed by atoms with E-state index >= 15 is 0 Å². The zero-order valence-electron chi connectivity index (χ0n) is 24.1. The monoisotopic (exact) mass is 573 g/mol. The van der Waals surface area contributed by atoms with Crippen molar-refractivity contribution in [3.63, 3.8) is 0 Å². The van der Waals surface area contributed by atoms with Crippen molar-refractivity contribution >= 4 is 28.6 Å². The first-order valence-electron chi connectivity index (χ1n) is 14.7. The molecule has 1 aliphatic rings. The van der Waals surface area contributed by atoms with Crippen LogP contribution in [-0.4, -0.2) is 34.8 Å². The average molecular weight is 574 g/mol. The lowest BCUT2D eigenvalue weighted by molar-refractivity contribution is 0.1000. The molecule has 7 heteroatoms. The Morgan fingerprint density at radius 2 is 1.56 bits per heavy atom. The number of hydrogen-bond donors (Lipinski definition) is 2. The molecule has 0 atom stereocenters. The van der Waals surface area contributed by atoms with Gasteiger partial charge >= 0.3 is 6.09 Å². The van der Waals surface area contributed by atoms with Crippen LogP contribution in [0.2, 0.25) is 0 Å². The van der Waals surface area contributed by atoms with Crippen LogP contribution in [0.5, 0.6) is 5.75 Å². The summed E-state index contributed by atoms with van der Waals surface area (Å²) >= 11 is 0. The molecule has 0 spiro atoms. The predicted molar refractivity (Wildman–Crippen MR) is 169 cm³/mol. The van der Waals surface area contributed by atoms with Gasteiger partial charge < -0.3 is 20.1 Å². The topological polar surface area (TPSA) is 97.8 Å². The Morgan fingerprint density at radius 3 is 2.14 bits per heavy atom. The van der Waals surface area contributed by atoms with E-state index in [1.807, 2.05) is 60.7 Å². The van der Waals surface area contributed by atoms with Crippen molar-refractivity contribution in [3.8, 4) is 5.75 Å². The van der Waals surface area contributed by atoms with Gasteiger partial charge in [-0.2, -0.15) is 0 Å². The van der Waals surface area contributed by atoms with E-state index in [9.17, 15) is 14.7 Å². The van der Waals surface area contributed by atoms with Crippen LogP contribution in [-0.2, 0) is 6.42 Å². The SMILES string of the molecule is COc1cc(C(N)=O)ccc1Cc1cn(C(c2ccccc2)c2ccccc2)c2ccc(N(C(=O)O)C3CCCC3)cc12. The summed E-state index contributed by atoms with van der Waals surface area (Å²) in [5, 5.41) is 11.2. The van der Waals surface area contributed by atoms with E-state index < -0.39 is 12.0 Å². The van der Waals surface area contributed by atoms with Crippen LogP contribution in [0, 0.1) is 0 Å². The third-order valence-corrected chi connectivity index (χ3v) is 8.53. The van der Waals surface area contributed by atoms with E-state index in [-0.39, 0.29) is 12.1 Å². The number of ether oxygens (including phenoxy) is 1. The highest BCUT2D eigenvalue weighted by molar-refractivity contribution is 5.94. The molecule has 5 aromatic rings. The smallest absolute Gasteiger partial charge is 0.412 e. The Bertz CT molecular complexity index is 1720. The lowest BCUT2D eigenvalue weighted by Gasteiger charge is -2.26. The minimum atomic E-state index is -0.928. The number of rotatable bonds is 9. The minimum Gasteiger partial charge on any atom is -0.496 e. The van der Waals surface area contributed by atoms with E-state index in [0.717, 1.165) is 58.8 Å². The molecule has 7 nitrogen and oxygen atoms in total. The Kier molecular flexibility index (Phi) is 7.88. The molecular formula is C36H35N3O4. The van der Waals surface area contributed by atoms with Crippen molar-refractivity contribution in [2.45, 2.75) is 44.2 Å². The third kappa shape index (κ3) is 5.58. The first kappa shape index (κ1) is 28.1. The molecule has 1 saturated carbocycles. The average Bonchev–Trinajstić information content (AvgIpc) is 3.67. The van der Waals surface area contributed by atoms with Gasteiger partial charge in [0.1, 0.15) is 5.75 Å². The predicted octanol–water partition coefficient (Wildman–Crippen LogP) is 7.40. The molecule has 0 bridgehead atoms. The molecular weight excluding hydrogens is 538 g/mol. The van der Waals surface area contributed by atoms with Crippen LogP contribution >= 0.6 is 0 Å². The van der Waals surface area contributed by atoms with Crippen molar-refractivity contribution in [2.24, 2.45) is 5.73 Å². The summed E-state index contributed by atoms with van der Waals surface area (Å²) in [6.07, 6.45) is 5.56. The number of aromatic nitrogens is 1. The maximum Gasteiger partial charge on any atom is 0.412 e. The highest BCUT2D eigenvalue weighted by Gasteiger charge is 2.29. The number of amides is 2. The molecule has 0 saturated heterocycles. The van der Waals surface area contributed by atoms with Gasteiger partial charge in [0.15, 0.2) is 0 Å². The summed E-state index contributed by atoms with van der Waals surface area (Å²) in [5.41, 5.74) is 11.8. The van der Waals surface area contributed by atoms with Gasteiger partial charge in [-0.3, -0.25) is 9.69 Å². The molecule has 4 aromatic carbocycles. The van der Waals surface area contributed by atoms with Crippen LogP contribution in [0.4, 0.5) is 10.5 Å². The van der Waals surface area contributed by atoms with Crippen molar-refractivity contribution in [3.05, 3.63) is 131 Å². The summed E-state index contributed by atoms with van der Waals surface area (Å²) in [6, 6.07) is 31.9. The quantitative estimate of drug-likeness (QED) is 0.192. The fraction of sp³-hybridized carbons (Fsp3) is 0.222. The van der Waals surface area contributed by atoms with E-state index in [1.165, 1.54) is 0 Å². The maximum atomic E-state index is 12.5. The second kappa shape index (κ2) is 12.1. The molecule has 0 unspecified atom stereocenters. The van der Waals surface area contributed by atoms with Gasteiger partial charge in [-0.15, -0.1) is 0 Å². The Labute approximate surface area is 251 Å². The number of carboxylic acid groups (broad SMARTS) is 1. The zero-order chi connectivity index (χ0) is 29.9. The summed E-state index contributed by atoms with van der Waals surface area (Å²) in [7, 11) is 1.58. The molecule has 0 radical (unpaired) electrons. The Balaban J connectivity index is 1.55. The number of anilines is 1. The summed E-state index contributed by atoms with van der Waals surface area (Å²) in [4.78, 5) is 25.9. The van der Waals surface area contributed by atoms with Crippen molar-refractivity contribution in [2.75, 3.05) is 12.0 Å². The van der Waals surface area contributed by atoms with Gasteiger partial charge in [0.2, 0.25) is 5.91 Å². The number of methoxy groups -OCH3 is 1. The van der Waals surface area contributed by atoms with Crippen LogP contribution in [0.25, 0.3) is 10.9 Å². The van der Waals surface area contributed by atoms with E-state index in [1.54, 1.807) is 24.1 Å². The van der Waals surface area contributed by atoms with E-state index in [4.69, 9.17) is 10.5 Å². The van der Waals surface area contributed by atoms with Crippen molar-refractivity contribution < 1.29 is 19.4 Å². The zero-order valence-corrected chi connectivity index (χ0v) is 24.1. The number of carbonyl (C=O) groups is 2. The number of primary amides is 1. The fourth-order valence-corrected chi connectivity index (χ4v) is 6.49. The fourth-order valence-electron chi connectivity index (χ4n) is 6.49. The van der Waals surface area contributed by atoms with Crippen LogP contribution in [0.15, 0.2) is 103 Å². The van der Waals surface area contributed by atoms with Gasteiger partial charge in [-0.05, 0) is 65.4 Å². The molecule has 0 aliphatic heterocycles. The second-order valence-corrected chi connectivity index (χ2v) is 11.1. The van der Waals surface area contributed by atoms with Gasteiger partial charge in [0.25, 0.3) is 0 Å². The summed E-state index contributed by atoms with van der Waals surface area (Å²) in [5.74, 6) is 0.0643. The second-order valence-electron chi connectivity index (χ2n) is 11.1. The number of fused-ring (bicyclic) bond motifs is 1. The molecule has 6 rings (SSSR count). The molecule has 1 fully saturated rings. The molecule has 218 valence electrons. The molecule has 1 aromatic heterocycles. The van der Waals surface area contributed by atoms with E-state index in [0.29, 0.717) is 23.4 Å². The van der Waals surface area contributed by atoms with Gasteiger partial charge in [0, 0.05) is 40.8 Å². The van der Waals surface area contributed by atoms with Crippen LogP contribution in [0.1, 0.15) is 64.3 Å². The Morgan fingerprint density at radius 1 is 0.907 bits per heavy atom. The highest BCUT2D eigenvalue weighted by atomic mass is 16.5. The van der Waals surface area contributed by atoms with Crippen molar-refractivity contribution in [1.82, 2.24) is 4.57 Å². The van der Waals surface area contributed by atoms with Gasteiger partial charge in [-0.1, -0.05) is 79.6 Å². The standard InChI is InChI=1S/C36H35N3O4/c1-43-33-21-27(35(37)40)17-16-26(33)20-28-23-38(34(24-10-4-2-5-11-24)25-12-6-3-7-13-25)32-19-18-30(22-31(28)32)39(36(41)42)29-14-8-9-15-29/h2-7,10-13,16-19,21-23,29,34H,8-9,14-15,20H2,1H3,(H2,37,40)(H,41,42). The molecule has 2 amide bonds. The minimum absolute atomic E-state index is 0.0247. The molecule has 43 heavy (non-hydrogen) atoms. The largest absolute Gasteiger partial charge is 0.496 e. The summed E-state index contributed by atoms with van der Waals surface area (Å²) < 4.78 is 7.96. The lowest BCUT2D eigenvalue weighted by Crippen LogP contribution is -2.37. The maximum absolute atomic E-state index is 12.5. The molecule has 3 N–H and O–H groups in total. The third-order valence-electron chi connectivity index (χ3n) is 8.53. The lowest BCUT2D eigenvalue weighted by atomic mass is 9.98. The first-order chi connectivity index (χ1) is 20.9. The summed E-state index contributed by atoms with van der Waals surface area (Å²) in [6.45, 7) is 0. The van der Waals surface area contributed by atoms with Crippen LogP contribution in [0.3, 0.4) is 0 Å². The number of nitrogens with zero attached hydrogens (tertiary/aromatic N) is 2. The number of benzene rings is 4. The molecule has 1 heterocycles. The van der Waals surface area contributed by atoms with Crippen LogP contribution < -0.4 is 15.4 Å². The Hall–Kier alpha value is -5.04. The molecule has 1 aliphatic carbocycles. The number of carbonyl (C=O) groups excluding carboxylic acids is 1. The van der Waals surface area contributed by atoms with Gasteiger partial charge in [0.05, 0.1) is 13.2 Å². The highest BCUT2D eigenvalue weighted by Crippen LogP contribution is 2.38. The normalized spacial score (nSPS) is 13.4. The van der Waals surface area contributed by atoms with E-state index in [2.05, 4.69) is 35.0 Å². The van der Waals surface area contributed by atoms with Gasteiger partial charge in [-0.25, -0.2) is 4.79 Å². The number of nitrogens with two attached hydrogens (primary N) is 1. The first-order valence-corrected chi connectivity index (χ1v) is 14.7.